The van der Waals surface area contributed by atoms with Crippen LogP contribution in [0, 0.1) is 11.8 Å². The Bertz CT molecular complexity index is 1140. The fraction of sp³-hybridized carbons (Fsp3) is 0.514. The van der Waals surface area contributed by atoms with Crippen molar-refractivity contribution in [1.29, 1.82) is 0 Å². The molecule has 2 aromatic carbocycles. The Labute approximate surface area is 269 Å². The minimum Gasteiger partial charge on any atom is -0.494 e. The highest BCUT2D eigenvalue weighted by Crippen LogP contribution is 2.33. The van der Waals surface area contributed by atoms with E-state index in [1.54, 1.807) is 27.7 Å². The standard InChI is InChI=1S/C37H52O8/c1-25(2)35(40)27(5)33(38)23-42-19-9-21-44-31-15-11-29(12-16-31)37(7,8)30-13-17-32(18-14-30)45-22-10-20-43-24-34(39)28(6)36(41)26(3)4/h11-18,27-28,33-34,38-39H,1,3,9-10,19-24H2,2,4-8H3. The van der Waals surface area contributed by atoms with Gasteiger partial charge in [-0.3, -0.25) is 9.59 Å². The molecule has 2 aromatic rings. The van der Waals surface area contributed by atoms with E-state index in [1.807, 2.05) is 24.3 Å². The van der Waals surface area contributed by atoms with Gasteiger partial charge in [-0.25, -0.2) is 0 Å². The summed E-state index contributed by atoms with van der Waals surface area (Å²) in [4.78, 5) is 23.8. The minimum absolute atomic E-state index is 0.0961. The molecule has 0 radical (unpaired) electrons. The first-order chi connectivity index (χ1) is 21.2. The zero-order valence-electron chi connectivity index (χ0n) is 27.8. The van der Waals surface area contributed by atoms with E-state index in [2.05, 4.69) is 51.3 Å². The molecule has 8 heteroatoms. The lowest BCUT2D eigenvalue weighted by atomic mass is 9.78. The monoisotopic (exact) mass is 624 g/mol. The number of aliphatic hydroxyl groups excluding tert-OH is 2. The Kier molecular flexibility index (Phi) is 15.7. The first kappa shape index (κ1) is 37.9. The molecule has 0 bridgehead atoms. The number of hydrogen-bond acceptors (Lipinski definition) is 8. The molecule has 0 heterocycles. The van der Waals surface area contributed by atoms with Crippen molar-refractivity contribution in [2.75, 3.05) is 39.6 Å². The molecule has 0 aliphatic heterocycles. The van der Waals surface area contributed by atoms with Gasteiger partial charge >= 0.3 is 0 Å². The summed E-state index contributed by atoms with van der Waals surface area (Å²) in [7, 11) is 0. The van der Waals surface area contributed by atoms with Crippen LogP contribution in [0.5, 0.6) is 11.5 Å². The van der Waals surface area contributed by atoms with Gasteiger partial charge in [-0.1, -0.05) is 65.1 Å². The number of ketones is 2. The molecule has 4 unspecified atom stereocenters. The van der Waals surface area contributed by atoms with Crippen LogP contribution in [0.15, 0.2) is 72.8 Å². The highest BCUT2D eigenvalue weighted by Gasteiger charge is 2.24. The summed E-state index contributed by atoms with van der Waals surface area (Å²) in [5.41, 5.74) is 2.94. The van der Waals surface area contributed by atoms with Crippen molar-refractivity contribution >= 4 is 11.6 Å². The Morgan fingerprint density at radius 1 is 0.667 bits per heavy atom. The second-order valence-corrected chi connectivity index (χ2v) is 12.2. The predicted molar refractivity (Wildman–Crippen MR) is 177 cm³/mol. The fourth-order valence-corrected chi connectivity index (χ4v) is 4.63. The molecular weight excluding hydrogens is 572 g/mol. The van der Waals surface area contributed by atoms with Crippen LogP contribution in [-0.2, 0) is 24.5 Å². The van der Waals surface area contributed by atoms with Crippen molar-refractivity contribution in [3.8, 4) is 11.5 Å². The Morgan fingerprint density at radius 2 is 1.00 bits per heavy atom. The Hall–Kier alpha value is -3.30. The topological polar surface area (TPSA) is 112 Å². The summed E-state index contributed by atoms with van der Waals surface area (Å²) in [5.74, 6) is 0.169. The third kappa shape index (κ3) is 12.2. The van der Waals surface area contributed by atoms with Crippen LogP contribution in [0.1, 0.15) is 65.5 Å². The summed E-state index contributed by atoms with van der Waals surface area (Å²) in [6.45, 7) is 20.2. The summed E-state index contributed by atoms with van der Waals surface area (Å²) < 4.78 is 22.8. The molecule has 8 nitrogen and oxygen atoms in total. The van der Waals surface area contributed by atoms with Crippen LogP contribution >= 0.6 is 0 Å². The second-order valence-electron chi connectivity index (χ2n) is 12.2. The van der Waals surface area contributed by atoms with E-state index in [0.29, 0.717) is 50.4 Å². The van der Waals surface area contributed by atoms with Crippen molar-refractivity contribution in [2.24, 2.45) is 11.8 Å². The van der Waals surface area contributed by atoms with Crippen molar-refractivity contribution in [3.63, 3.8) is 0 Å². The van der Waals surface area contributed by atoms with Crippen LogP contribution in [0.3, 0.4) is 0 Å². The van der Waals surface area contributed by atoms with Gasteiger partial charge in [-0.2, -0.15) is 0 Å². The molecule has 0 saturated carbocycles. The molecule has 0 amide bonds. The molecule has 0 fully saturated rings. The van der Waals surface area contributed by atoms with Gasteiger partial charge in [0.05, 0.1) is 38.6 Å². The van der Waals surface area contributed by atoms with Gasteiger partial charge < -0.3 is 29.2 Å². The lowest BCUT2D eigenvalue weighted by molar-refractivity contribution is -0.124. The van der Waals surface area contributed by atoms with E-state index in [0.717, 1.165) is 22.6 Å². The van der Waals surface area contributed by atoms with Crippen molar-refractivity contribution < 1.29 is 38.7 Å². The van der Waals surface area contributed by atoms with Crippen molar-refractivity contribution in [2.45, 2.75) is 72.0 Å². The number of benzene rings is 2. The van der Waals surface area contributed by atoms with Gasteiger partial charge in [-0.05, 0) is 60.4 Å². The largest absolute Gasteiger partial charge is 0.494 e. The van der Waals surface area contributed by atoms with E-state index in [9.17, 15) is 19.8 Å². The maximum Gasteiger partial charge on any atom is 0.163 e. The summed E-state index contributed by atoms with van der Waals surface area (Å²) in [6, 6.07) is 16.1. The van der Waals surface area contributed by atoms with Crippen LogP contribution in [0.2, 0.25) is 0 Å². The molecule has 0 aliphatic carbocycles. The average Bonchev–Trinajstić information content (AvgIpc) is 3.02. The lowest BCUT2D eigenvalue weighted by Gasteiger charge is -2.26. The number of allylic oxidation sites excluding steroid dienone is 2. The van der Waals surface area contributed by atoms with Crippen LogP contribution < -0.4 is 9.47 Å². The number of carbonyl (C=O) groups excluding carboxylic acids is 2. The Morgan fingerprint density at radius 3 is 1.31 bits per heavy atom. The number of rotatable bonds is 22. The molecule has 0 spiro atoms. The lowest BCUT2D eigenvalue weighted by Crippen LogP contribution is -2.30. The first-order valence-corrected chi connectivity index (χ1v) is 15.6. The highest BCUT2D eigenvalue weighted by molar-refractivity contribution is 5.96. The van der Waals surface area contributed by atoms with Gasteiger partial charge in [0.2, 0.25) is 0 Å². The number of aliphatic hydroxyl groups is 2. The number of hydrogen-bond donors (Lipinski definition) is 2. The molecule has 4 atom stereocenters. The summed E-state index contributed by atoms with van der Waals surface area (Å²) in [5, 5.41) is 20.3. The van der Waals surface area contributed by atoms with E-state index in [1.165, 1.54) is 0 Å². The molecule has 2 rings (SSSR count). The Balaban J connectivity index is 1.71. The molecule has 45 heavy (non-hydrogen) atoms. The third-order valence-electron chi connectivity index (χ3n) is 7.96. The minimum atomic E-state index is -0.858. The SMILES string of the molecule is C=C(C)C(=O)C(C)C(O)COCCCOc1ccc(C(C)(C)c2ccc(OCCCOCC(O)C(C)C(=O)C(=C)C)cc2)cc1. The van der Waals surface area contributed by atoms with Crippen LogP contribution in [-0.4, -0.2) is 73.6 Å². The van der Waals surface area contributed by atoms with E-state index >= 15 is 0 Å². The first-order valence-electron chi connectivity index (χ1n) is 15.6. The molecular formula is C37H52O8. The number of ether oxygens (including phenoxy) is 4. The average molecular weight is 625 g/mol. The smallest absolute Gasteiger partial charge is 0.163 e. The summed E-state index contributed by atoms with van der Waals surface area (Å²) >= 11 is 0. The fourth-order valence-electron chi connectivity index (χ4n) is 4.63. The van der Waals surface area contributed by atoms with Gasteiger partial charge in [0.15, 0.2) is 11.6 Å². The van der Waals surface area contributed by atoms with Crippen LogP contribution in [0.25, 0.3) is 0 Å². The van der Waals surface area contributed by atoms with Gasteiger partial charge in [0.1, 0.15) is 11.5 Å². The van der Waals surface area contributed by atoms with Crippen LogP contribution in [0.4, 0.5) is 0 Å². The van der Waals surface area contributed by atoms with Gasteiger partial charge in [0.25, 0.3) is 0 Å². The normalized spacial score (nSPS) is 14.2. The van der Waals surface area contributed by atoms with Gasteiger partial charge in [0, 0.05) is 43.3 Å². The van der Waals surface area contributed by atoms with E-state index in [4.69, 9.17) is 18.9 Å². The maximum absolute atomic E-state index is 11.9. The second kappa shape index (κ2) is 18.6. The molecule has 0 aliphatic rings. The van der Waals surface area contributed by atoms with E-state index in [-0.39, 0.29) is 30.2 Å². The third-order valence-corrected chi connectivity index (χ3v) is 7.96. The maximum atomic E-state index is 11.9. The predicted octanol–water partition coefficient (Wildman–Crippen LogP) is 5.87. The van der Waals surface area contributed by atoms with Crippen molar-refractivity contribution in [1.82, 2.24) is 0 Å². The number of carbonyl (C=O) groups is 2. The number of Topliss-reactive ketones (excluding diaryl/α,β-unsaturated/α-hetero) is 2. The molecule has 248 valence electrons. The summed E-state index contributed by atoms with van der Waals surface area (Å²) in [6.07, 6.45) is -0.401. The molecule has 2 N–H and O–H groups in total. The zero-order valence-corrected chi connectivity index (χ0v) is 27.8. The molecule has 0 aromatic heterocycles. The van der Waals surface area contributed by atoms with Gasteiger partial charge in [-0.15, -0.1) is 0 Å². The quantitative estimate of drug-likeness (QED) is 0.124. The van der Waals surface area contributed by atoms with Crippen molar-refractivity contribution in [3.05, 3.63) is 84.0 Å². The highest BCUT2D eigenvalue weighted by atomic mass is 16.5. The zero-order chi connectivity index (χ0) is 33.6. The molecule has 0 saturated heterocycles. The van der Waals surface area contributed by atoms with E-state index < -0.39 is 24.0 Å².